The molecular weight excluding hydrogens is 191 g/mol. The second-order valence-corrected chi connectivity index (χ2v) is 4.66. The lowest BCUT2D eigenvalue weighted by atomic mass is 9.93. The molecule has 0 amide bonds. The van der Waals surface area contributed by atoms with Crippen molar-refractivity contribution in [3.05, 3.63) is 29.6 Å². The minimum absolute atomic E-state index is 0.136. The Hall–Kier alpha value is -1.09. The Kier molecular flexibility index (Phi) is 1.80. The van der Waals surface area contributed by atoms with Crippen molar-refractivity contribution in [3.63, 3.8) is 0 Å². The molecule has 1 unspecified atom stereocenters. The third-order valence-corrected chi connectivity index (χ3v) is 3.86. The molecule has 1 spiro atoms. The van der Waals surface area contributed by atoms with Gasteiger partial charge in [-0.15, -0.1) is 0 Å². The molecule has 1 aromatic rings. The van der Waals surface area contributed by atoms with Crippen LogP contribution in [0.15, 0.2) is 18.2 Å². The Morgan fingerprint density at radius 3 is 3.07 bits per heavy atom. The van der Waals surface area contributed by atoms with E-state index in [1.54, 1.807) is 12.1 Å². The average molecular weight is 206 g/mol. The van der Waals surface area contributed by atoms with Crippen molar-refractivity contribution in [3.8, 4) is 0 Å². The van der Waals surface area contributed by atoms with Gasteiger partial charge in [-0.1, -0.05) is 6.07 Å². The molecule has 15 heavy (non-hydrogen) atoms. The minimum atomic E-state index is -0.136. The second kappa shape index (κ2) is 2.95. The molecule has 0 aliphatic carbocycles. The number of anilines is 1. The molecule has 2 heterocycles. The number of nitrogens with zero attached hydrogens (tertiary/aromatic N) is 1. The summed E-state index contributed by atoms with van der Waals surface area (Å²) >= 11 is 0. The molecule has 1 N–H and O–H groups in total. The number of halogens is 1. The molecule has 0 saturated carbocycles. The van der Waals surface area contributed by atoms with Crippen LogP contribution in [0.25, 0.3) is 0 Å². The number of nitrogens with one attached hydrogen (secondary N) is 1. The van der Waals surface area contributed by atoms with Gasteiger partial charge in [0.2, 0.25) is 0 Å². The third kappa shape index (κ3) is 1.19. The van der Waals surface area contributed by atoms with E-state index >= 15 is 0 Å². The van der Waals surface area contributed by atoms with Crippen LogP contribution in [-0.4, -0.2) is 25.7 Å². The van der Waals surface area contributed by atoms with Gasteiger partial charge < -0.3 is 10.2 Å². The highest BCUT2D eigenvalue weighted by atomic mass is 19.1. The SMILES string of the molecule is CN1c2cc(F)ccc2CC12CCNC2. The highest BCUT2D eigenvalue weighted by Gasteiger charge is 2.43. The number of fused-ring (bicyclic) bond motifs is 1. The molecule has 0 aromatic heterocycles. The fourth-order valence-electron chi connectivity index (χ4n) is 2.90. The van der Waals surface area contributed by atoms with E-state index in [0.717, 1.165) is 31.6 Å². The van der Waals surface area contributed by atoms with E-state index in [9.17, 15) is 4.39 Å². The monoisotopic (exact) mass is 206 g/mol. The van der Waals surface area contributed by atoms with Crippen molar-refractivity contribution in [1.29, 1.82) is 0 Å². The van der Waals surface area contributed by atoms with Gasteiger partial charge in [0.05, 0.1) is 5.54 Å². The van der Waals surface area contributed by atoms with Crippen molar-refractivity contribution < 1.29 is 4.39 Å². The second-order valence-electron chi connectivity index (χ2n) is 4.66. The first-order valence-electron chi connectivity index (χ1n) is 5.44. The molecule has 1 atom stereocenters. The van der Waals surface area contributed by atoms with Crippen LogP contribution in [0.1, 0.15) is 12.0 Å². The molecule has 2 nitrogen and oxygen atoms in total. The van der Waals surface area contributed by atoms with Gasteiger partial charge in [-0.05, 0) is 37.1 Å². The summed E-state index contributed by atoms with van der Waals surface area (Å²) in [5, 5.41) is 3.40. The average Bonchev–Trinajstić information content (AvgIpc) is 2.78. The zero-order chi connectivity index (χ0) is 10.5. The van der Waals surface area contributed by atoms with Crippen LogP contribution < -0.4 is 10.2 Å². The summed E-state index contributed by atoms with van der Waals surface area (Å²) in [7, 11) is 2.08. The smallest absolute Gasteiger partial charge is 0.125 e. The maximum Gasteiger partial charge on any atom is 0.125 e. The van der Waals surface area contributed by atoms with Gasteiger partial charge in [0.1, 0.15) is 5.82 Å². The van der Waals surface area contributed by atoms with Crippen LogP contribution in [-0.2, 0) is 6.42 Å². The maximum absolute atomic E-state index is 13.2. The van der Waals surface area contributed by atoms with E-state index in [2.05, 4.69) is 17.3 Å². The lowest BCUT2D eigenvalue weighted by molar-refractivity contribution is 0.465. The normalized spacial score (nSPS) is 28.8. The molecule has 3 rings (SSSR count). The third-order valence-electron chi connectivity index (χ3n) is 3.86. The number of hydrogen-bond acceptors (Lipinski definition) is 2. The van der Waals surface area contributed by atoms with Crippen molar-refractivity contribution in [2.45, 2.75) is 18.4 Å². The Morgan fingerprint density at radius 1 is 1.47 bits per heavy atom. The first kappa shape index (κ1) is 9.16. The van der Waals surface area contributed by atoms with Crippen LogP contribution in [0.4, 0.5) is 10.1 Å². The molecule has 1 saturated heterocycles. The molecular formula is C12H15FN2. The van der Waals surface area contributed by atoms with E-state index in [4.69, 9.17) is 0 Å². The summed E-state index contributed by atoms with van der Waals surface area (Å²) in [6, 6.07) is 5.14. The molecule has 2 aliphatic heterocycles. The largest absolute Gasteiger partial charge is 0.367 e. The van der Waals surface area contributed by atoms with E-state index < -0.39 is 0 Å². The van der Waals surface area contributed by atoms with E-state index in [1.165, 1.54) is 5.56 Å². The van der Waals surface area contributed by atoms with Gasteiger partial charge in [0.25, 0.3) is 0 Å². The van der Waals surface area contributed by atoms with Gasteiger partial charge in [-0.25, -0.2) is 4.39 Å². The summed E-state index contributed by atoms with van der Waals surface area (Å²) in [6.07, 6.45) is 2.20. The van der Waals surface area contributed by atoms with Crippen LogP contribution in [0.3, 0.4) is 0 Å². The minimum Gasteiger partial charge on any atom is -0.367 e. The van der Waals surface area contributed by atoms with E-state index in [1.807, 2.05) is 6.07 Å². The van der Waals surface area contributed by atoms with E-state index in [-0.39, 0.29) is 11.4 Å². The van der Waals surface area contributed by atoms with Gasteiger partial charge >= 0.3 is 0 Å². The highest BCUT2D eigenvalue weighted by molar-refractivity contribution is 5.61. The number of rotatable bonds is 0. The molecule has 1 fully saturated rings. The molecule has 1 aromatic carbocycles. The zero-order valence-electron chi connectivity index (χ0n) is 8.89. The zero-order valence-corrected chi connectivity index (χ0v) is 8.89. The molecule has 3 heteroatoms. The lowest BCUT2D eigenvalue weighted by Gasteiger charge is -2.33. The number of likely N-dealkylation sites (N-methyl/N-ethyl adjacent to an activating group) is 1. The van der Waals surface area contributed by atoms with Crippen molar-refractivity contribution in [2.24, 2.45) is 0 Å². The summed E-state index contributed by atoms with van der Waals surface area (Å²) in [5.74, 6) is -0.136. The Morgan fingerprint density at radius 2 is 2.33 bits per heavy atom. The molecule has 2 aliphatic rings. The molecule has 80 valence electrons. The van der Waals surface area contributed by atoms with Crippen molar-refractivity contribution >= 4 is 5.69 Å². The van der Waals surface area contributed by atoms with Gasteiger partial charge in [0, 0.05) is 19.3 Å². The fraction of sp³-hybridized carbons (Fsp3) is 0.500. The summed E-state index contributed by atoms with van der Waals surface area (Å²) in [5.41, 5.74) is 2.55. The van der Waals surface area contributed by atoms with E-state index in [0.29, 0.717) is 0 Å². The molecule has 0 bridgehead atoms. The first-order valence-corrected chi connectivity index (χ1v) is 5.44. The topological polar surface area (TPSA) is 15.3 Å². The Labute approximate surface area is 89.1 Å². The molecule has 0 radical (unpaired) electrons. The van der Waals surface area contributed by atoms with Crippen LogP contribution in [0, 0.1) is 5.82 Å². The maximum atomic E-state index is 13.2. The van der Waals surface area contributed by atoms with Gasteiger partial charge in [-0.2, -0.15) is 0 Å². The van der Waals surface area contributed by atoms with Crippen LogP contribution in [0.5, 0.6) is 0 Å². The Balaban J connectivity index is 2.04. The lowest BCUT2D eigenvalue weighted by Crippen LogP contribution is -2.46. The Bertz CT molecular complexity index is 397. The first-order chi connectivity index (χ1) is 7.21. The van der Waals surface area contributed by atoms with Gasteiger partial charge in [0.15, 0.2) is 0 Å². The highest BCUT2D eigenvalue weighted by Crippen LogP contribution is 2.40. The van der Waals surface area contributed by atoms with Crippen LogP contribution in [0.2, 0.25) is 0 Å². The quantitative estimate of drug-likeness (QED) is 0.693. The van der Waals surface area contributed by atoms with Crippen LogP contribution >= 0.6 is 0 Å². The fourth-order valence-corrected chi connectivity index (χ4v) is 2.90. The number of hydrogen-bond donors (Lipinski definition) is 1. The standard InChI is InChI=1S/C12H15FN2/c1-15-11-6-10(13)3-2-9(11)7-12(15)4-5-14-8-12/h2-3,6,14H,4-5,7-8H2,1H3. The number of benzene rings is 1. The van der Waals surface area contributed by atoms with Crippen molar-refractivity contribution in [2.75, 3.05) is 25.0 Å². The predicted octanol–water partition coefficient (Wildman–Crippen LogP) is 1.55. The van der Waals surface area contributed by atoms with Crippen molar-refractivity contribution in [1.82, 2.24) is 5.32 Å². The van der Waals surface area contributed by atoms with Gasteiger partial charge in [-0.3, -0.25) is 0 Å². The predicted molar refractivity (Wildman–Crippen MR) is 58.7 cm³/mol. The summed E-state index contributed by atoms with van der Waals surface area (Å²) in [6.45, 7) is 2.08. The summed E-state index contributed by atoms with van der Waals surface area (Å²) < 4.78 is 13.2. The summed E-state index contributed by atoms with van der Waals surface area (Å²) in [4.78, 5) is 2.26.